The van der Waals surface area contributed by atoms with Crippen molar-refractivity contribution in [2.24, 2.45) is 0 Å². The number of hydrogen-bond acceptors (Lipinski definition) is 6. The molecule has 0 saturated carbocycles. The van der Waals surface area contributed by atoms with Crippen molar-refractivity contribution in [3.63, 3.8) is 0 Å². The largest absolute Gasteiger partial charge is 0.419 e. The lowest BCUT2D eigenvalue weighted by Gasteiger charge is -2.22. The molecule has 0 unspecified atom stereocenters. The summed E-state index contributed by atoms with van der Waals surface area (Å²) in [6.45, 7) is 2.70. The molecule has 3 heterocycles. The van der Waals surface area contributed by atoms with Crippen LogP contribution in [0.15, 0.2) is 46.3 Å². The van der Waals surface area contributed by atoms with Gasteiger partial charge in [0.2, 0.25) is 5.89 Å². The molecule has 0 saturated heterocycles. The molecule has 0 aliphatic carbocycles. The van der Waals surface area contributed by atoms with Crippen molar-refractivity contribution >= 4 is 11.3 Å². The second-order valence-corrected chi connectivity index (χ2v) is 5.77. The number of hydrogen-bond donors (Lipinski definition) is 0. The van der Waals surface area contributed by atoms with Gasteiger partial charge in [-0.2, -0.15) is 0 Å². The number of nitrogens with zero attached hydrogens (tertiary/aromatic N) is 4. The molecular weight excluding hydrogens is 284 g/mol. The zero-order chi connectivity index (χ0) is 14.7. The Morgan fingerprint density at radius 2 is 2.14 bits per heavy atom. The predicted molar refractivity (Wildman–Crippen MR) is 81.7 cm³/mol. The Kier molecular flexibility index (Phi) is 4.08. The van der Waals surface area contributed by atoms with Gasteiger partial charge in [-0.1, -0.05) is 12.1 Å². The van der Waals surface area contributed by atoms with Gasteiger partial charge in [-0.3, -0.25) is 9.88 Å². The van der Waals surface area contributed by atoms with Gasteiger partial charge < -0.3 is 4.42 Å². The van der Waals surface area contributed by atoms with Gasteiger partial charge in [-0.05, 0) is 37.6 Å². The van der Waals surface area contributed by atoms with Crippen LogP contribution in [0, 0.1) is 0 Å². The van der Waals surface area contributed by atoms with Crippen molar-refractivity contribution in [3.8, 4) is 10.8 Å². The highest BCUT2D eigenvalue weighted by atomic mass is 32.1. The van der Waals surface area contributed by atoms with Crippen LogP contribution in [-0.2, 0) is 6.54 Å². The molecule has 0 N–H and O–H groups in total. The van der Waals surface area contributed by atoms with Gasteiger partial charge in [0.1, 0.15) is 0 Å². The van der Waals surface area contributed by atoms with Crippen molar-refractivity contribution in [2.45, 2.75) is 19.5 Å². The first-order chi connectivity index (χ1) is 10.2. The Bertz CT molecular complexity index is 681. The molecule has 0 aliphatic rings. The molecule has 0 spiro atoms. The second-order valence-electron chi connectivity index (χ2n) is 4.82. The molecule has 0 fully saturated rings. The number of thiophene rings is 1. The van der Waals surface area contributed by atoms with Gasteiger partial charge in [-0.25, -0.2) is 0 Å². The fraction of sp³-hybridized carbons (Fsp3) is 0.267. The Balaban J connectivity index is 1.69. The minimum atomic E-state index is 0.184. The Labute approximate surface area is 127 Å². The van der Waals surface area contributed by atoms with E-state index in [1.54, 1.807) is 17.5 Å². The quantitative estimate of drug-likeness (QED) is 0.723. The summed E-state index contributed by atoms with van der Waals surface area (Å²) < 4.78 is 5.71. The molecular formula is C15H16N4OS. The molecule has 0 aromatic carbocycles. The van der Waals surface area contributed by atoms with Crippen molar-refractivity contribution in [1.82, 2.24) is 20.1 Å². The lowest BCUT2D eigenvalue weighted by atomic mass is 10.2. The molecule has 5 nitrogen and oxygen atoms in total. The molecule has 3 aromatic rings. The summed E-state index contributed by atoms with van der Waals surface area (Å²) in [6.07, 6.45) is 1.81. The maximum Gasteiger partial charge on any atom is 0.257 e. The molecule has 0 bridgehead atoms. The first-order valence-electron chi connectivity index (χ1n) is 6.71. The number of pyridine rings is 1. The normalized spacial score (nSPS) is 12.7. The minimum absolute atomic E-state index is 0.184. The lowest BCUT2D eigenvalue weighted by molar-refractivity contribution is 0.225. The zero-order valence-electron chi connectivity index (χ0n) is 11.9. The summed E-state index contributed by atoms with van der Waals surface area (Å²) in [7, 11) is 2.02. The number of rotatable bonds is 5. The third-order valence-electron chi connectivity index (χ3n) is 3.36. The van der Waals surface area contributed by atoms with Crippen LogP contribution in [0.5, 0.6) is 0 Å². The summed E-state index contributed by atoms with van der Waals surface area (Å²) in [4.78, 5) is 7.51. The van der Waals surface area contributed by atoms with E-state index in [0.29, 0.717) is 18.3 Å². The van der Waals surface area contributed by atoms with Gasteiger partial charge in [-0.15, -0.1) is 21.5 Å². The van der Waals surface area contributed by atoms with Crippen LogP contribution in [0.4, 0.5) is 0 Å². The molecule has 1 atom stereocenters. The standard InChI is InChI=1S/C15H16N4OS/c1-11(12-6-3-4-8-16-12)19(2)10-14-17-18-15(20-14)13-7-5-9-21-13/h3-9,11H,10H2,1-2H3/t11-/m1/s1. The Hall–Kier alpha value is -2.05. The summed E-state index contributed by atoms with van der Waals surface area (Å²) >= 11 is 1.59. The molecule has 6 heteroatoms. The third-order valence-corrected chi connectivity index (χ3v) is 4.22. The first-order valence-corrected chi connectivity index (χ1v) is 7.59. The maximum absolute atomic E-state index is 5.71. The molecule has 0 amide bonds. The van der Waals surface area contributed by atoms with Crippen molar-refractivity contribution in [2.75, 3.05) is 7.05 Å². The fourth-order valence-corrected chi connectivity index (χ4v) is 2.66. The Morgan fingerprint density at radius 3 is 2.86 bits per heavy atom. The van der Waals surface area contributed by atoms with E-state index in [4.69, 9.17) is 4.42 Å². The summed E-state index contributed by atoms with van der Waals surface area (Å²) in [5.74, 6) is 1.20. The van der Waals surface area contributed by atoms with Crippen LogP contribution in [0.1, 0.15) is 24.6 Å². The van der Waals surface area contributed by atoms with E-state index < -0.39 is 0 Å². The number of aromatic nitrogens is 3. The van der Waals surface area contributed by atoms with Crippen LogP contribution >= 0.6 is 11.3 Å². The van der Waals surface area contributed by atoms with Crippen LogP contribution < -0.4 is 0 Å². The summed E-state index contributed by atoms with van der Waals surface area (Å²) in [6, 6.07) is 10.1. The van der Waals surface area contributed by atoms with Gasteiger partial charge in [0, 0.05) is 12.2 Å². The Morgan fingerprint density at radius 1 is 1.24 bits per heavy atom. The highest BCUT2D eigenvalue weighted by Crippen LogP contribution is 2.24. The van der Waals surface area contributed by atoms with Gasteiger partial charge in [0.25, 0.3) is 5.89 Å². The molecule has 3 rings (SSSR count). The van der Waals surface area contributed by atoms with Gasteiger partial charge >= 0.3 is 0 Å². The smallest absolute Gasteiger partial charge is 0.257 e. The zero-order valence-corrected chi connectivity index (χ0v) is 12.7. The second kappa shape index (κ2) is 6.15. The van der Waals surface area contributed by atoms with E-state index >= 15 is 0 Å². The molecule has 0 aliphatic heterocycles. The van der Waals surface area contributed by atoms with Crippen LogP contribution in [-0.4, -0.2) is 27.1 Å². The van der Waals surface area contributed by atoms with E-state index in [0.717, 1.165) is 10.6 Å². The van der Waals surface area contributed by atoms with Crippen LogP contribution in [0.2, 0.25) is 0 Å². The van der Waals surface area contributed by atoms with Gasteiger partial charge in [0.15, 0.2) is 0 Å². The average molecular weight is 300 g/mol. The highest BCUT2D eigenvalue weighted by molar-refractivity contribution is 7.13. The maximum atomic E-state index is 5.71. The fourth-order valence-electron chi connectivity index (χ4n) is 2.02. The third kappa shape index (κ3) is 3.17. The molecule has 3 aromatic heterocycles. The molecule has 0 radical (unpaired) electrons. The van der Waals surface area contributed by atoms with Gasteiger partial charge in [0.05, 0.1) is 17.1 Å². The first kappa shape index (κ1) is 13.9. The molecule has 21 heavy (non-hydrogen) atoms. The predicted octanol–water partition coefficient (Wildman–Crippen LogP) is 3.39. The topological polar surface area (TPSA) is 55.1 Å². The van der Waals surface area contributed by atoms with E-state index in [2.05, 4.69) is 27.0 Å². The van der Waals surface area contributed by atoms with Crippen molar-refractivity contribution < 1.29 is 4.42 Å². The van der Waals surface area contributed by atoms with Crippen LogP contribution in [0.25, 0.3) is 10.8 Å². The SMILES string of the molecule is C[C@H](c1ccccn1)N(C)Cc1nnc(-c2cccs2)o1. The summed E-state index contributed by atoms with van der Waals surface area (Å²) in [5.41, 5.74) is 1.03. The minimum Gasteiger partial charge on any atom is -0.419 e. The average Bonchev–Trinajstić information content (AvgIpc) is 3.18. The van der Waals surface area contributed by atoms with Crippen molar-refractivity contribution in [1.29, 1.82) is 0 Å². The van der Waals surface area contributed by atoms with E-state index in [9.17, 15) is 0 Å². The molecule has 108 valence electrons. The monoisotopic (exact) mass is 300 g/mol. The lowest BCUT2D eigenvalue weighted by Crippen LogP contribution is -2.22. The van der Waals surface area contributed by atoms with E-state index in [1.165, 1.54) is 0 Å². The van der Waals surface area contributed by atoms with Crippen molar-refractivity contribution in [3.05, 3.63) is 53.5 Å². The van der Waals surface area contributed by atoms with Crippen LogP contribution in [0.3, 0.4) is 0 Å². The summed E-state index contributed by atoms with van der Waals surface area (Å²) in [5, 5.41) is 10.2. The van der Waals surface area contributed by atoms with E-state index in [1.807, 2.05) is 42.8 Å². The highest BCUT2D eigenvalue weighted by Gasteiger charge is 2.16. The van der Waals surface area contributed by atoms with E-state index in [-0.39, 0.29) is 6.04 Å².